The molecule has 0 aliphatic heterocycles. The Morgan fingerprint density at radius 2 is 2.00 bits per heavy atom. The van der Waals surface area contributed by atoms with Crippen LogP contribution in [0.25, 0.3) is 0 Å². The van der Waals surface area contributed by atoms with Gasteiger partial charge in [0.15, 0.2) is 5.69 Å². The van der Waals surface area contributed by atoms with Crippen LogP contribution in [-0.2, 0) is 23.8 Å². The maximum atomic E-state index is 13.0. The van der Waals surface area contributed by atoms with E-state index in [0.717, 1.165) is 4.68 Å². The van der Waals surface area contributed by atoms with Gasteiger partial charge in [-0.1, -0.05) is 0 Å². The SMILES string of the molecule is CC(C)(C)OC(=O)n1nc(C(F)(F)F)c2c1CCC(N)C2. The molecule has 21 heavy (non-hydrogen) atoms. The van der Waals surface area contributed by atoms with E-state index in [2.05, 4.69) is 5.10 Å². The second-order valence-corrected chi connectivity index (χ2v) is 6.17. The molecule has 8 heteroatoms. The average Bonchev–Trinajstić information content (AvgIpc) is 2.64. The van der Waals surface area contributed by atoms with E-state index in [1.165, 1.54) is 0 Å². The number of nitrogens with two attached hydrogens (primary N) is 1. The van der Waals surface area contributed by atoms with Crippen LogP contribution in [0.1, 0.15) is 44.1 Å². The van der Waals surface area contributed by atoms with Crippen LogP contribution in [0.5, 0.6) is 0 Å². The molecule has 2 N–H and O–H groups in total. The van der Waals surface area contributed by atoms with Crippen molar-refractivity contribution in [3.63, 3.8) is 0 Å². The van der Waals surface area contributed by atoms with E-state index >= 15 is 0 Å². The number of carbonyl (C=O) groups excluding carboxylic acids is 1. The van der Waals surface area contributed by atoms with Crippen LogP contribution >= 0.6 is 0 Å². The average molecular weight is 305 g/mol. The van der Waals surface area contributed by atoms with Crippen LogP contribution in [0.4, 0.5) is 18.0 Å². The summed E-state index contributed by atoms with van der Waals surface area (Å²) in [5.74, 6) is 0. The lowest BCUT2D eigenvalue weighted by Gasteiger charge is -2.22. The molecule has 0 aromatic carbocycles. The molecule has 0 saturated heterocycles. The minimum atomic E-state index is -4.62. The highest BCUT2D eigenvalue weighted by molar-refractivity contribution is 5.71. The van der Waals surface area contributed by atoms with E-state index in [9.17, 15) is 18.0 Å². The summed E-state index contributed by atoms with van der Waals surface area (Å²) in [6.45, 7) is 4.92. The molecular weight excluding hydrogens is 287 g/mol. The lowest BCUT2D eigenvalue weighted by Crippen LogP contribution is -2.32. The van der Waals surface area contributed by atoms with Crippen molar-refractivity contribution in [3.8, 4) is 0 Å². The van der Waals surface area contributed by atoms with Crippen LogP contribution in [-0.4, -0.2) is 27.5 Å². The summed E-state index contributed by atoms with van der Waals surface area (Å²) in [4.78, 5) is 12.0. The van der Waals surface area contributed by atoms with Crippen molar-refractivity contribution < 1.29 is 22.7 Å². The second kappa shape index (κ2) is 5.01. The third-order valence-electron chi connectivity index (χ3n) is 3.14. The highest BCUT2D eigenvalue weighted by Crippen LogP contribution is 2.35. The van der Waals surface area contributed by atoms with Crippen LogP contribution in [0, 0.1) is 0 Å². The number of hydrogen-bond acceptors (Lipinski definition) is 4. The molecular formula is C13H18F3N3O2. The van der Waals surface area contributed by atoms with Gasteiger partial charge in [-0.2, -0.15) is 23.0 Å². The minimum Gasteiger partial charge on any atom is -0.442 e. The lowest BCUT2D eigenvalue weighted by molar-refractivity contribution is -0.142. The number of alkyl halides is 3. The van der Waals surface area contributed by atoms with Gasteiger partial charge >= 0.3 is 12.3 Å². The predicted molar refractivity (Wildman–Crippen MR) is 68.9 cm³/mol. The fraction of sp³-hybridized carbons (Fsp3) is 0.692. The first kappa shape index (κ1) is 15.8. The van der Waals surface area contributed by atoms with Crippen molar-refractivity contribution in [2.45, 2.75) is 57.9 Å². The topological polar surface area (TPSA) is 70.1 Å². The highest BCUT2D eigenvalue weighted by Gasteiger charge is 2.41. The van der Waals surface area contributed by atoms with Gasteiger partial charge in [-0.25, -0.2) is 4.79 Å². The van der Waals surface area contributed by atoms with Crippen molar-refractivity contribution in [2.24, 2.45) is 5.73 Å². The quantitative estimate of drug-likeness (QED) is 0.799. The van der Waals surface area contributed by atoms with Crippen LogP contribution in [0.3, 0.4) is 0 Å². The first-order valence-corrected chi connectivity index (χ1v) is 6.66. The zero-order valence-corrected chi connectivity index (χ0v) is 12.1. The zero-order valence-electron chi connectivity index (χ0n) is 12.1. The summed E-state index contributed by atoms with van der Waals surface area (Å²) in [6, 6.07) is -0.352. The Bertz CT molecular complexity index is 558. The summed E-state index contributed by atoms with van der Waals surface area (Å²) in [5.41, 5.74) is 4.13. The highest BCUT2D eigenvalue weighted by atomic mass is 19.4. The van der Waals surface area contributed by atoms with E-state index in [0.29, 0.717) is 6.42 Å². The Morgan fingerprint density at radius 1 is 1.38 bits per heavy atom. The van der Waals surface area contributed by atoms with Crippen molar-refractivity contribution in [2.75, 3.05) is 0 Å². The van der Waals surface area contributed by atoms with Crippen molar-refractivity contribution in [3.05, 3.63) is 17.0 Å². The van der Waals surface area contributed by atoms with Gasteiger partial charge in [0.05, 0.1) is 5.69 Å². The van der Waals surface area contributed by atoms with Gasteiger partial charge in [0, 0.05) is 11.6 Å². The molecule has 0 spiro atoms. The monoisotopic (exact) mass is 305 g/mol. The molecule has 1 aliphatic carbocycles. The molecule has 0 radical (unpaired) electrons. The summed E-state index contributed by atoms with van der Waals surface area (Å²) in [6.07, 6.45) is -4.66. The van der Waals surface area contributed by atoms with E-state index in [4.69, 9.17) is 10.5 Å². The molecule has 0 fully saturated rings. The number of rotatable bonds is 0. The first-order chi connectivity index (χ1) is 9.49. The number of fused-ring (bicyclic) bond motifs is 1. The summed E-state index contributed by atoms with van der Waals surface area (Å²) in [7, 11) is 0. The van der Waals surface area contributed by atoms with Gasteiger partial charge in [0.1, 0.15) is 5.60 Å². The van der Waals surface area contributed by atoms with Crippen molar-refractivity contribution >= 4 is 6.09 Å². The maximum Gasteiger partial charge on any atom is 0.435 e. The molecule has 1 unspecified atom stereocenters. The summed E-state index contributed by atoms with van der Waals surface area (Å²) < 4.78 is 45.0. The molecule has 1 aromatic rings. The predicted octanol–water partition coefficient (Wildman–Crippen LogP) is 2.50. The largest absolute Gasteiger partial charge is 0.442 e. The van der Waals surface area contributed by atoms with Gasteiger partial charge < -0.3 is 10.5 Å². The number of ether oxygens (including phenoxy) is 1. The molecule has 0 amide bonds. The summed E-state index contributed by atoms with van der Waals surface area (Å²) in [5, 5.41) is 3.44. The number of nitrogens with zero attached hydrogens (tertiary/aromatic N) is 2. The molecule has 0 bridgehead atoms. The Kier molecular flexibility index (Phi) is 3.77. The van der Waals surface area contributed by atoms with E-state index in [1.54, 1.807) is 20.8 Å². The van der Waals surface area contributed by atoms with Crippen LogP contribution < -0.4 is 5.73 Å². The van der Waals surface area contributed by atoms with E-state index in [1.807, 2.05) is 0 Å². The first-order valence-electron chi connectivity index (χ1n) is 6.66. The van der Waals surface area contributed by atoms with E-state index < -0.39 is 23.6 Å². The molecule has 2 rings (SSSR count). The van der Waals surface area contributed by atoms with Crippen LogP contribution in [0.15, 0.2) is 0 Å². The number of hydrogen-bond donors (Lipinski definition) is 1. The van der Waals surface area contributed by atoms with Crippen molar-refractivity contribution in [1.29, 1.82) is 0 Å². The number of halogens is 3. The second-order valence-electron chi connectivity index (χ2n) is 6.17. The van der Waals surface area contributed by atoms with Gasteiger partial charge in [-0.15, -0.1) is 0 Å². The fourth-order valence-electron chi connectivity index (χ4n) is 2.33. The normalized spacial score (nSPS) is 19.3. The van der Waals surface area contributed by atoms with Crippen molar-refractivity contribution in [1.82, 2.24) is 9.78 Å². The summed E-state index contributed by atoms with van der Waals surface area (Å²) >= 11 is 0. The molecule has 1 atom stereocenters. The number of carbonyl (C=O) groups is 1. The standard InChI is InChI=1S/C13H18F3N3O2/c1-12(2,3)21-11(20)19-9-5-4-7(17)6-8(9)10(18-19)13(14,15)16/h7H,4-6,17H2,1-3H3. The maximum absolute atomic E-state index is 13.0. The van der Waals surface area contributed by atoms with Gasteiger partial charge in [-0.05, 0) is 40.0 Å². The Labute approximate surface area is 120 Å². The third-order valence-corrected chi connectivity index (χ3v) is 3.14. The van der Waals surface area contributed by atoms with Gasteiger partial charge in [0.2, 0.25) is 0 Å². The fourth-order valence-corrected chi connectivity index (χ4v) is 2.33. The van der Waals surface area contributed by atoms with Gasteiger partial charge in [0.25, 0.3) is 0 Å². The minimum absolute atomic E-state index is 0.00658. The van der Waals surface area contributed by atoms with E-state index in [-0.39, 0.29) is 30.1 Å². The molecule has 5 nitrogen and oxygen atoms in total. The Balaban J connectivity index is 2.46. The molecule has 0 saturated carbocycles. The number of aromatic nitrogens is 2. The molecule has 1 heterocycles. The van der Waals surface area contributed by atoms with Gasteiger partial charge in [-0.3, -0.25) is 0 Å². The third kappa shape index (κ3) is 3.37. The lowest BCUT2D eigenvalue weighted by atomic mass is 9.92. The van der Waals surface area contributed by atoms with Crippen LogP contribution in [0.2, 0.25) is 0 Å². The Hall–Kier alpha value is -1.57. The molecule has 118 valence electrons. The Morgan fingerprint density at radius 3 is 2.52 bits per heavy atom. The molecule has 1 aromatic heterocycles. The smallest absolute Gasteiger partial charge is 0.435 e. The molecule has 1 aliphatic rings. The zero-order chi connectivity index (χ0) is 16.0.